The lowest BCUT2D eigenvalue weighted by Crippen LogP contribution is -2.49. The van der Waals surface area contributed by atoms with Crippen LogP contribution >= 0.6 is 24.0 Å². The standard InChI is InChI=1S/C21H34N4O2.HI/c1-17-8-10-18(11-9-17)27-15-7-14-23-20(22-2)24-16-21(12-5-6-13-21)19(26)25(3)4;/h8-11H,5-7,12-16H2,1-4H3,(H2,22,23,24);1H. The van der Waals surface area contributed by atoms with Gasteiger partial charge in [-0.25, -0.2) is 0 Å². The molecule has 1 amide bonds. The van der Waals surface area contributed by atoms with Crippen molar-refractivity contribution in [2.45, 2.75) is 39.0 Å². The van der Waals surface area contributed by atoms with E-state index in [1.807, 2.05) is 38.4 Å². The van der Waals surface area contributed by atoms with Crippen LogP contribution in [0, 0.1) is 12.3 Å². The summed E-state index contributed by atoms with van der Waals surface area (Å²) in [7, 11) is 5.43. The number of aliphatic imine (C=N–C) groups is 1. The number of benzene rings is 1. The lowest BCUT2D eigenvalue weighted by molar-refractivity contribution is -0.138. The average molecular weight is 502 g/mol. The molecule has 2 rings (SSSR count). The van der Waals surface area contributed by atoms with E-state index in [0.717, 1.165) is 50.4 Å². The van der Waals surface area contributed by atoms with Crippen LogP contribution < -0.4 is 15.4 Å². The van der Waals surface area contributed by atoms with Gasteiger partial charge in [0.05, 0.1) is 12.0 Å². The summed E-state index contributed by atoms with van der Waals surface area (Å²) in [5.41, 5.74) is 0.932. The molecule has 0 bridgehead atoms. The number of hydrogen-bond acceptors (Lipinski definition) is 3. The number of nitrogens with zero attached hydrogens (tertiary/aromatic N) is 2. The van der Waals surface area contributed by atoms with Crippen LogP contribution in [-0.4, -0.2) is 57.6 Å². The molecule has 6 nitrogen and oxygen atoms in total. The highest BCUT2D eigenvalue weighted by Crippen LogP contribution is 2.38. The predicted octanol–water partition coefficient (Wildman–Crippen LogP) is 3.20. The molecule has 1 aliphatic carbocycles. The van der Waals surface area contributed by atoms with E-state index in [1.54, 1.807) is 11.9 Å². The normalized spacial score (nSPS) is 15.5. The van der Waals surface area contributed by atoms with E-state index in [4.69, 9.17) is 4.74 Å². The minimum Gasteiger partial charge on any atom is -0.494 e. The van der Waals surface area contributed by atoms with Crippen molar-refractivity contribution in [2.24, 2.45) is 10.4 Å². The van der Waals surface area contributed by atoms with E-state index in [2.05, 4.69) is 22.5 Å². The molecule has 0 radical (unpaired) electrons. The fourth-order valence-corrected chi connectivity index (χ4v) is 3.57. The van der Waals surface area contributed by atoms with Gasteiger partial charge in [0.25, 0.3) is 0 Å². The Labute approximate surface area is 186 Å². The van der Waals surface area contributed by atoms with Crippen LogP contribution in [-0.2, 0) is 4.79 Å². The quantitative estimate of drug-likeness (QED) is 0.248. The van der Waals surface area contributed by atoms with E-state index in [-0.39, 0.29) is 35.3 Å². The van der Waals surface area contributed by atoms with Gasteiger partial charge < -0.3 is 20.3 Å². The summed E-state index contributed by atoms with van der Waals surface area (Å²) >= 11 is 0. The van der Waals surface area contributed by atoms with Crippen molar-refractivity contribution in [3.05, 3.63) is 29.8 Å². The first-order valence-corrected chi connectivity index (χ1v) is 9.82. The number of aryl methyl sites for hydroxylation is 1. The summed E-state index contributed by atoms with van der Waals surface area (Å²) in [6.45, 7) is 4.11. The molecule has 0 heterocycles. The molecular weight excluding hydrogens is 467 g/mol. The van der Waals surface area contributed by atoms with Gasteiger partial charge in [-0.05, 0) is 38.3 Å². The summed E-state index contributed by atoms with van der Waals surface area (Å²) < 4.78 is 5.74. The highest BCUT2D eigenvalue weighted by molar-refractivity contribution is 14.0. The Kier molecular flexibility index (Phi) is 10.6. The van der Waals surface area contributed by atoms with E-state index in [0.29, 0.717) is 13.2 Å². The molecule has 0 unspecified atom stereocenters. The Morgan fingerprint density at radius 3 is 2.39 bits per heavy atom. The van der Waals surface area contributed by atoms with Gasteiger partial charge in [0.2, 0.25) is 5.91 Å². The maximum Gasteiger partial charge on any atom is 0.230 e. The molecule has 0 spiro atoms. The highest BCUT2D eigenvalue weighted by Gasteiger charge is 2.42. The van der Waals surface area contributed by atoms with Crippen LogP contribution in [0.4, 0.5) is 0 Å². The third kappa shape index (κ3) is 7.14. The second-order valence-electron chi connectivity index (χ2n) is 7.55. The molecule has 2 N–H and O–H groups in total. The number of carbonyl (C=O) groups excluding carboxylic acids is 1. The molecule has 0 aromatic heterocycles. The maximum atomic E-state index is 12.6. The van der Waals surface area contributed by atoms with Crippen molar-refractivity contribution >= 4 is 35.8 Å². The second kappa shape index (κ2) is 12.1. The molecule has 0 atom stereocenters. The molecule has 1 aromatic carbocycles. The largest absolute Gasteiger partial charge is 0.494 e. The monoisotopic (exact) mass is 502 g/mol. The van der Waals surface area contributed by atoms with Gasteiger partial charge >= 0.3 is 0 Å². The number of carbonyl (C=O) groups is 1. The Bertz CT molecular complexity index is 626. The number of ether oxygens (including phenoxy) is 1. The number of nitrogens with one attached hydrogen (secondary N) is 2. The smallest absolute Gasteiger partial charge is 0.230 e. The number of rotatable bonds is 8. The van der Waals surface area contributed by atoms with Crippen LogP contribution in [0.1, 0.15) is 37.7 Å². The lowest BCUT2D eigenvalue weighted by atomic mass is 9.84. The Balaban J connectivity index is 0.00000392. The van der Waals surface area contributed by atoms with Gasteiger partial charge in [-0.2, -0.15) is 0 Å². The molecule has 28 heavy (non-hydrogen) atoms. The Hall–Kier alpha value is -1.51. The van der Waals surface area contributed by atoms with Gasteiger partial charge in [0.1, 0.15) is 5.75 Å². The van der Waals surface area contributed by atoms with E-state index >= 15 is 0 Å². The second-order valence-corrected chi connectivity index (χ2v) is 7.55. The van der Waals surface area contributed by atoms with E-state index < -0.39 is 0 Å². The van der Waals surface area contributed by atoms with Gasteiger partial charge in [0, 0.05) is 34.2 Å². The molecular formula is C21H35IN4O2. The molecule has 0 saturated heterocycles. The first kappa shape index (κ1) is 24.5. The highest BCUT2D eigenvalue weighted by atomic mass is 127. The number of amides is 1. The minimum atomic E-state index is -0.296. The molecule has 1 fully saturated rings. The Morgan fingerprint density at radius 1 is 1.18 bits per heavy atom. The Morgan fingerprint density at radius 2 is 1.82 bits per heavy atom. The molecule has 0 aliphatic heterocycles. The van der Waals surface area contributed by atoms with Crippen LogP contribution in [0.2, 0.25) is 0 Å². The van der Waals surface area contributed by atoms with Gasteiger partial charge in [-0.1, -0.05) is 30.5 Å². The third-order valence-corrected chi connectivity index (χ3v) is 5.14. The number of hydrogen-bond donors (Lipinski definition) is 2. The molecule has 7 heteroatoms. The van der Waals surface area contributed by atoms with Crippen LogP contribution in [0.3, 0.4) is 0 Å². The van der Waals surface area contributed by atoms with Crippen molar-refractivity contribution in [1.82, 2.24) is 15.5 Å². The maximum absolute atomic E-state index is 12.6. The zero-order valence-corrected chi connectivity index (χ0v) is 19.9. The predicted molar refractivity (Wildman–Crippen MR) is 126 cm³/mol. The SMILES string of the molecule is CN=C(NCCCOc1ccc(C)cc1)NCC1(C(=O)N(C)C)CCCC1.I. The first-order chi connectivity index (χ1) is 13.0. The first-order valence-electron chi connectivity index (χ1n) is 9.82. The number of halogens is 1. The van der Waals surface area contributed by atoms with Crippen LogP contribution in [0.5, 0.6) is 5.75 Å². The van der Waals surface area contributed by atoms with Crippen molar-refractivity contribution in [2.75, 3.05) is 40.8 Å². The summed E-state index contributed by atoms with van der Waals surface area (Å²) in [6.07, 6.45) is 4.99. The summed E-state index contributed by atoms with van der Waals surface area (Å²) in [5.74, 6) is 1.85. The zero-order valence-electron chi connectivity index (χ0n) is 17.6. The van der Waals surface area contributed by atoms with Crippen molar-refractivity contribution in [3.8, 4) is 5.75 Å². The molecule has 158 valence electrons. The van der Waals surface area contributed by atoms with E-state index in [1.165, 1.54) is 5.56 Å². The van der Waals surface area contributed by atoms with Gasteiger partial charge in [-0.3, -0.25) is 9.79 Å². The van der Waals surface area contributed by atoms with Crippen LogP contribution in [0.25, 0.3) is 0 Å². The summed E-state index contributed by atoms with van der Waals surface area (Å²) in [5, 5.41) is 6.66. The van der Waals surface area contributed by atoms with Gasteiger partial charge in [0.15, 0.2) is 5.96 Å². The molecule has 1 saturated carbocycles. The fraction of sp³-hybridized carbons (Fsp3) is 0.619. The van der Waals surface area contributed by atoms with Crippen molar-refractivity contribution < 1.29 is 9.53 Å². The molecule has 1 aliphatic rings. The van der Waals surface area contributed by atoms with Gasteiger partial charge in [-0.15, -0.1) is 24.0 Å². The van der Waals surface area contributed by atoms with Crippen molar-refractivity contribution in [1.29, 1.82) is 0 Å². The summed E-state index contributed by atoms with van der Waals surface area (Å²) in [4.78, 5) is 18.6. The van der Waals surface area contributed by atoms with Crippen molar-refractivity contribution in [3.63, 3.8) is 0 Å². The van der Waals surface area contributed by atoms with Crippen LogP contribution in [0.15, 0.2) is 29.3 Å². The lowest BCUT2D eigenvalue weighted by Gasteiger charge is -2.31. The van der Waals surface area contributed by atoms with E-state index in [9.17, 15) is 4.79 Å². The fourth-order valence-electron chi connectivity index (χ4n) is 3.57. The zero-order chi connectivity index (χ0) is 19.7. The summed E-state index contributed by atoms with van der Waals surface area (Å²) in [6, 6.07) is 8.08. The minimum absolute atomic E-state index is 0. The third-order valence-electron chi connectivity index (χ3n) is 5.14. The number of guanidine groups is 1. The average Bonchev–Trinajstić information content (AvgIpc) is 3.14. The topological polar surface area (TPSA) is 66.0 Å². The molecule has 1 aromatic rings.